The smallest absolute Gasteiger partial charge is 0.534 e. The zero-order valence-electron chi connectivity index (χ0n) is 20.7. The van der Waals surface area contributed by atoms with Crippen molar-refractivity contribution in [3.63, 3.8) is 0 Å². The summed E-state index contributed by atoms with van der Waals surface area (Å²) in [6, 6.07) is 4.93. The van der Waals surface area contributed by atoms with Crippen molar-refractivity contribution in [2.24, 2.45) is 0 Å². The molecule has 2 aliphatic rings. The summed E-state index contributed by atoms with van der Waals surface area (Å²) >= 11 is 0. The van der Waals surface area contributed by atoms with Crippen LogP contribution in [0.3, 0.4) is 0 Å². The Morgan fingerprint density at radius 1 is 1.13 bits per heavy atom. The number of piperazine rings is 1. The van der Waals surface area contributed by atoms with Crippen LogP contribution in [0.2, 0.25) is 0 Å². The van der Waals surface area contributed by atoms with Crippen LogP contribution in [0.15, 0.2) is 36.4 Å². The first kappa shape index (κ1) is 27.3. The van der Waals surface area contributed by atoms with Gasteiger partial charge in [-0.25, -0.2) is 9.59 Å². The van der Waals surface area contributed by atoms with Crippen LogP contribution in [-0.2, 0) is 20.8 Å². The quantitative estimate of drug-likeness (QED) is 0.202. The van der Waals surface area contributed by atoms with Crippen LogP contribution >= 0.6 is 0 Å². The number of hydrogen-bond acceptors (Lipinski definition) is 9. The molecule has 5 amide bonds. The van der Waals surface area contributed by atoms with E-state index >= 15 is 0 Å². The van der Waals surface area contributed by atoms with Gasteiger partial charge in [0.15, 0.2) is 0 Å². The largest absolute Gasteiger partial charge is 0.547 e. The minimum Gasteiger partial charge on any atom is -0.534 e. The molecule has 0 bridgehead atoms. The lowest BCUT2D eigenvalue weighted by Crippen LogP contribution is -2.60. The predicted octanol–water partition coefficient (Wildman–Crippen LogP) is -0.623. The number of aromatic carboxylic acids is 1. The second kappa shape index (κ2) is 10.9. The molecule has 0 aromatic heterocycles. The molecule has 6 N–H and O–H groups in total. The van der Waals surface area contributed by atoms with Crippen molar-refractivity contribution < 1.29 is 49.0 Å². The number of phenolic OH excluding ortho intramolecular Hbond substituents is 2. The van der Waals surface area contributed by atoms with Crippen LogP contribution in [0.1, 0.15) is 34.5 Å². The lowest BCUT2D eigenvalue weighted by atomic mass is 9.72. The van der Waals surface area contributed by atoms with Crippen LogP contribution in [0.4, 0.5) is 4.79 Å². The number of urea groups is 1. The van der Waals surface area contributed by atoms with Gasteiger partial charge < -0.3 is 40.5 Å². The summed E-state index contributed by atoms with van der Waals surface area (Å²) < 4.78 is 5.38. The zero-order chi connectivity index (χ0) is 28.4. The van der Waals surface area contributed by atoms with Crippen molar-refractivity contribution in [2.75, 3.05) is 19.6 Å². The third-order valence-electron chi connectivity index (χ3n) is 6.47. The maximum Gasteiger partial charge on any atom is 0.547 e. The second-order valence-corrected chi connectivity index (χ2v) is 8.89. The molecular weight excluding hydrogens is 515 g/mol. The Morgan fingerprint density at radius 2 is 1.87 bits per heavy atom. The Hall–Kier alpha value is -4.79. The highest BCUT2D eigenvalue weighted by molar-refractivity contribution is 6.47. The fourth-order valence-electron chi connectivity index (χ4n) is 4.41. The van der Waals surface area contributed by atoms with E-state index in [1.807, 2.05) is 0 Å². The van der Waals surface area contributed by atoms with E-state index in [-0.39, 0.29) is 48.7 Å². The van der Waals surface area contributed by atoms with Crippen molar-refractivity contribution >= 4 is 36.8 Å². The number of carbonyl (C=O) groups excluding carboxylic acids is 4. The summed E-state index contributed by atoms with van der Waals surface area (Å²) in [5, 5.41) is 44.8. The molecular formula is C24H25BN4O10. The lowest BCUT2D eigenvalue weighted by Gasteiger charge is -2.33. The van der Waals surface area contributed by atoms with Gasteiger partial charge in [0, 0.05) is 31.3 Å². The van der Waals surface area contributed by atoms with Crippen LogP contribution in [0, 0.1) is 0 Å². The summed E-state index contributed by atoms with van der Waals surface area (Å²) in [7, 11) is -1.66. The number of carboxylic acids is 1. The first-order valence-electron chi connectivity index (χ1n) is 11.9. The first-order chi connectivity index (χ1) is 18.5. The molecule has 0 aliphatic carbocycles. The molecule has 1 fully saturated rings. The standard InChI is InChI=1S/C24H25BN4O10/c1-2-28-8-9-29(22(34)21(28)33)24(37)27-18(14-7-6-13(30)11-16(14)31)20(32)26-17-10-12-4-3-5-15(23(35)36)19(12)39-25(17)38/h3-7,11,17-18,30-31,38H,2,8-10H2,1H3,(H,26,32)(H,27,37)(H,35,36)/t17-,18?/m0/s1. The minimum atomic E-state index is -1.66. The molecule has 2 heterocycles. The van der Waals surface area contributed by atoms with Crippen molar-refractivity contribution in [3.8, 4) is 17.2 Å². The van der Waals surface area contributed by atoms with E-state index < -0.39 is 54.6 Å². The third kappa shape index (κ3) is 5.43. The monoisotopic (exact) mass is 540 g/mol. The topological polar surface area (TPSA) is 206 Å². The SMILES string of the molecule is CCN1CCN(C(=O)NC(C(=O)N[C@H]2Cc3cccc(C(=O)O)c3OB2O)c2ccc(O)cc2O)C(=O)C1=O. The maximum absolute atomic E-state index is 13.4. The number of nitrogens with one attached hydrogen (secondary N) is 2. The average molecular weight is 540 g/mol. The van der Waals surface area contributed by atoms with E-state index in [9.17, 15) is 44.3 Å². The number of para-hydroxylation sites is 1. The number of carbonyl (C=O) groups is 5. The highest BCUT2D eigenvalue weighted by Gasteiger charge is 2.41. The molecule has 2 aromatic carbocycles. The molecule has 14 nitrogen and oxygen atoms in total. The Kier molecular flexibility index (Phi) is 7.62. The van der Waals surface area contributed by atoms with Crippen molar-refractivity contribution in [1.29, 1.82) is 0 Å². The lowest BCUT2D eigenvalue weighted by molar-refractivity contribution is -0.153. The molecule has 1 unspecified atom stereocenters. The first-order valence-corrected chi connectivity index (χ1v) is 11.9. The van der Waals surface area contributed by atoms with E-state index in [0.717, 1.165) is 6.07 Å². The van der Waals surface area contributed by atoms with E-state index in [4.69, 9.17) is 4.65 Å². The Morgan fingerprint density at radius 3 is 2.54 bits per heavy atom. The molecule has 15 heteroatoms. The normalized spacial score (nSPS) is 17.7. The van der Waals surface area contributed by atoms with Gasteiger partial charge >= 0.3 is 30.9 Å². The van der Waals surface area contributed by atoms with Gasteiger partial charge in [0.05, 0.1) is 11.5 Å². The number of phenols is 2. The van der Waals surface area contributed by atoms with Gasteiger partial charge in [-0.1, -0.05) is 12.1 Å². The number of carboxylic acid groups (broad SMARTS) is 1. The molecule has 4 rings (SSSR count). The second-order valence-electron chi connectivity index (χ2n) is 8.89. The molecule has 2 atom stereocenters. The Bertz CT molecular complexity index is 1350. The van der Waals surface area contributed by atoms with E-state index in [1.54, 1.807) is 13.0 Å². The summed E-state index contributed by atoms with van der Waals surface area (Å²) in [5.41, 5.74) is 0.0822. The van der Waals surface area contributed by atoms with Crippen LogP contribution < -0.4 is 15.3 Å². The summed E-state index contributed by atoms with van der Waals surface area (Å²) in [6.07, 6.45) is -0.0302. The van der Waals surface area contributed by atoms with E-state index in [0.29, 0.717) is 10.5 Å². The van der Waals surface area contributed by atoms with Gasteiger partial charge in [0.1, 0.15) is 23.3 Å². The molecule has 2 aromatic rings. The van der Waals surface area contributed by atoms with E-state index in [1.165, 1.54) is 29.2 Å². The number of likely N-dealkylation sites (N-methyl/N-ethyl adjacent to an activating group) is 1. The van der Waals surface area contributed by atoms with Gasteiger partial charge in [-0.15, -0.1) is 0 Å². The van der Waals surface area contributed by atoms with Crippen molar-refractivity contribution in [1.82, 2.24) is 20.4 Å². The number of hydrogen-bond donors (Lipinski definition) is 6. The van der Waals surface area contributed by atoms with Crippen molar-refractivity contribution in [3.05, 3.63) is 53.1 Å². The number of rotatable bonds is 6. The van der Waals surface area contributed by atoms with Gasteiger partial charge in [-0.2, -0.15) is 0 Å². The van der Waals surface area contributed by atoms with Crippen LogP contribution in [0.25, 0.3) is 0 Å². The molecule has 0 saturated carbocycles. The van der Waals surface area contributed by atoms with Gasteiger partial charge in [-0.05, 0) is 37.1 Å². The van der Waals surface area contributed by atoms with Crippen LogP contribution in [-0.4, -0.2) is 92.6 Å². The highest BCUT2D eigenvalue weighted by atomic mass is 16.5. The van der Waals surface area contributed by atoms with Gasteiger partial charge in [-0.3, -0.25) is 19.3 Å². The summed E-state index contributed by atoms with van der Waals surface area (Å²) in [5.74, 6) is -6.17. The fraction of sp³-hybridized carbons (Fsp3) is 0.292. The molecule has 204 valence electrons. The maximum atomic E-state index is 13.4. The fourth-order valence-corrected chi connectivity index (χ4v) is 4.41. The third-order valence-corrected chi connectivity index (χ3v) is 6.47. The van der Waals surface area contributed by atoms with Crippen LogP contribution in [0.5, 0.6) is 17.2 Å². The van der Waals surface area contributed by atoms with Gasteiger partial charge in [0.25, 0.3) is 0 Å². The zero-order valence-corrected chi connectivity index (χ0v) is 20.7. The van der Waals surface area contributed by atoms with Gasteiger partial charge in [0.2, 0.25) is 5.91 Å². The minimum absolute atomic E-state index is 0.0302. The molecule has 0 radical (unpaired) electrons. The number of aromatic hydroxyl groups is 2. The molecule has 39 heavy (non-hydrogen) atoms. The molecule has 1 saturated heterocycles. The molecule has 2 aliphatic heterocycles. The van der Waals surface area contributed by atoms with Crippen molar-refractivity contribution in [2.45, 2.75) is 25.3 Å². The number of imide groups is 1. The number of amides is 5. The number of nitrogens with zero attached hydrogens (tertiary/aromatic N) is 2. The Balaban J connectivity index is 1.58. The molecule has 0 spiro atoms. The summed E-state index contributed by atoms with van der Waals surface area (Å²) in [4.78, 5) is 64.6. The van der Waals surface area contributed by atoms with E-state index in [2.05, 4.69) is 10.6 Å². The Labute approximate surface area is 221 Å². The predicted molar refractivity (Wildman–Crippen MR) is 133 cm³/mol. The highest BCUT2D eigenvalue weighted by Crippen LogP contribution is 2.32. The summed E-state index contributed by atoms with van der Waals surface area (Å²) in [6.45, 7) is 1.92. The number of fused-ring (bicyclic) bond motifs is 1. The average Bonchev–Trinajstić information content (AvgIpc) is 2.89. The number of benzene rings is 2.